The Morgan fingerprint density at radius 3 is 1.32 bits per heavy atom. The minimum Gasteiger partial charge on any atom is -0.309 e. The van der Waals surface area contributed by atoms with Gasteiger partial charge in [-0.1, -0.05) is 115 Å². The maximum Gasteiger partial charge on any atom is 0.145 e. The largest absolute Gasteiger partial charge is 0.309 e. The molecule has 276 valence electrons. The first-order chi connectivity index (χ1) is 29.3. The third-order valence-corrected chi connectivity index (χ3v) is 11.7. The van der Waals surface area contributed by atoms with Gasteiger partial charge in [-0.3, -0.25) is 9.55 Å². The highest BCUT2D eigenvalue weighted by atomic mass is 15.1. The normalized spacial score (nSPS) is 11.7. The van der Waals surface area contributed by atoms with Crippen molar-refractivity contribution in [2.24, 2.45) is 0 Å². The standard InChI is InChI=1S/C54H35N5/c1-2-14-41(15-3-1)59-53-25-13-8-20-48(53)56-54(59)38-30-37(32-43(33-38)58-51-23-11-6-18-46(51)47-19-7-12-24-52(47)58)40-31-39(34-55-35-40)36-26-28-42(29-27-36)57-49-21-9-4-16-44(49)45-17-5-10-22-50(45)57/h1-35H. The maximum absolute atomic E-state index is 5.31. The third-order valence-electron chi connectivity index (χ3n) is 11.7. The van der Waals surface area contributed by atoms with Gasteiger partial charge >= 0.3 is 0 Å². The lowest BCUT2D eigenvalue weighted by molar-refractivity contribution is 1.10. The molecule has 0 atom stereocenters. The Morgan fingerprint density at radius 1 is 0.288 bits per heavy atom. The smallest absolute Gasteiger partial charge is 0.145 e. The van der Waals surface area contributed by atoms with Crippen molar-refractivity contribution in [2.75, 3.05) is 0 Å². The van der Waals surface area contributed by atoms with Crippen LogP contribution in [0.1, 0.15) is 0 Å². The summed E-state index contributed by atoms with van der Waals surface area (Å²) < 4.78 is 7.02. The van der Waals surface area contributed by atoms with Gasteiger partial charge in [-0.05, 0) is 96.1 Å². The predicted molar refractivity (Wildman–Crippen MR) is 244 cm³/mol. The van der Waals surface area contributed by atoms with Crippen LogP contribution in [-0.2, 0) is 0 Å². The van der Waals surface area contributed by atoms with E-state index < -0.39 is 0 Å². The van der Waals surface area contributed by atoms with Crippen LogP contribution in [0.3, 0.4) is 0 Å². The van der Waals surface area contributed by atoms with Crippen LogP contribution in [0.5, 0.6) is 0 Å². The maximum atomic E-state index is 5.31. The Morgan fingerprint density at radius 2 is 0.729 bits per heavy atom. The van der Waals surface area contributed by atoms with E-state index in [1.807, 2.05) is 12.4 Å². The Hall–Kier alpha value is -8.02. The van der Waals surface area contributed by atoms with Crippen LogP contribution in [0.4, 0.5) is 0 Å². The van der Waals surface area contributed by atoms with Crippen molar-refractivity contribution in [3.05, 3.63) is 213 Å². The summed E-state index contributed by atoms with van der Waals surface area (Å²) in [5.74, 6) is 0.881. The Labute approximate surface area is 340 Å². The van der Waals surface area contributed by atoms with E-state index in [0.717, 1.165) is 72.8 Å². The average Bonchev–Trinajstić information content (AvgIpc) is 3.98. The van der Waals surface area contributed by atoms with Gasteiger partial charge in [0.1, 0.15) is 5.82 Å². The first kappa shape index (κ1) is 33.2. The van der Waals surface area contributed by atoms with Gasteiger partial charge in [-0.2, -0.15) is 0 Å². The molecule has 4 heterocycles. The van der Waals surface area contributed by atoms with E-state index in [1.165, 1.54) is 32.6 Å². The number of aromatic nitrogens is 5. The number of rotatable bonds is 6. The lowest BCUT2D eigenvalue weighted by atomic mass is 9.99. The van der Waals surface area contributed by atoms with Crippen LogP contribution >= 0.6 is 0 Å². The van der Waals surface area contributed by atoms with Crippen LogP contribution in [0.2, 0.25) is 0 Å². The molecule has 4 aromatic heterocycles. The van der Waals surface area contributed by atoms with Crippen molar-refractivity contribution in [1.29, 1.82) is 0 Å². The van der Waals surface area contributed by atoms with E-state index in [1.54, 1.807) is 0 Å². The zero-order valence-electron chi connectivity index (χ0n) is 31.9. The molecule has 12 rings (SSSR count). The summed E-state index contributed by atoms with van der Waals surface area (Å²) in [6.07, 6.45) is 3.94. The number of imidazole rings is 1. The van der Waals surface area contributed by atoms with Crippen molar-refractivity contribution >= 4 is 54.6 Å². The minimum atomic E-state index is 0.881. The van der Waals surface area contributed by atoms with Gasteiger partial charge in [0.05, 0.1) is 33.1 Å². The summed E-state index contributed by atoms with van der Waals surface area (Å²) in [6.45, 7) is 0. The number of hydrogen-bond donors (Lipinski definition) is 0. The van der Waals surface area contributed by atoms with E-state index in [-0.39, 0.29) is 0 Å². The van der Waals surface area contributed by atoms with Crippen molar-refractivity contribution < 1.29 is 0 Å². The fraction of sp³-hybridized carbons (Fsp3) is 0. The van der Waals surface area contributed by atoms with Crippen molar-refractivity contribution in [2.45, 2.75) is 0 Å². The fourth-order valence-electron chi connectivity index (χ4n) is 9.05. The Bertz CT molecular complexity index is 3440. The summed E-state index contributed by atoms with van der Waals surface area (Å²) in [5.41, 5.74) is 15.2. The van der Waals surface area contributed by atoms with Gasteiger partial charge in [0.15, 0.2) is 0 Å². The second-order valence-electron chi connectivity index (χ2n) is 15.1. The number of pyridine rings is 1. The first-order valence-electron chi connectivity index (χ1n) is 20.0. The molecule has 0 bridgehead atoms. The number of fused-ring (bicyclic) bond motifs is 7. The molecular formula is C54H35N5. The number of para-hydroxylation sites is 7. The van der Waals surface area contributed by atoms with Crippen LogP contribution in [0.25, 0.3) is 105 Å². The molecule has 0 N–H and O–H groups in total. The predicted octanol–water partition coefficient (Wildman–Crippen LogP) is 13.6. The van der Waals surface area contributed by atoms with E-state index in [0.29, 0.717) is 0 Å². The van der Waals surface area contributed by atoms with E-state index in [2.05, 4.69) is 214 Å². The highest BCUT2D eigenvalue weighted by Gasteiger charge is 2.19. The quantitative estimate of drug-likeness (QED) is 0.170. The molecule has 12 aromatic rings. The van der Waals surface area contributed by atoms with Crippen molar-refractivity contribution in [1.82, 2.24) is 23.7 Å². The monoisotopic (exact) mass is 753 g/mol. The molecule has 0 unspecified atom stereocenters. The molecule has 0 saturated heterocycles. The topological polar surface area (TPSA) is 40.6 Å². The van der Waals surface area contributed by atoms with Gasteiger partial charge in [0, 0.05) is 67.7 Å². The van der Waals surface area contributed by atoms with Gasteiger partial charge in [-0.15, -0.1) is 0 Å². The Kier molecular flexibility index (Phi) is 7.47. The van der Waals surface area contributed by atoms with E-state index >= 15 is 0 Å². The highest BCUT2D eigenvalue weighted by Crippen LogP contribution is 2.39. The SMILES string of the molecule is c1ccc(-n2c(-c3cc(-c4cncc(-c5ccc(-n6c7ccccc7c7ccccc76)cc5)c4)cc(-n4c5ccccc5c5ccccc54)c3)nc3ccccc32)cc1. The van der Waals surface area contributed by atoms with Crippen molar-refractivity contribution in [3.63, 3.8) is 0 Å². The lowest BCUT2D eigenvalue weighted by Gasteiger charge is -2.15. The molecule has 5 heteroatoms. The third kappa shape index (κ3) is 5.33. The summed E-state index contributed by atoms with van der Waals surface area (Å²) in [5, 5.41) is 4.95. The van der Waals surface area contributed by atoms with Crippen LogP contribution in [-0.4, -0.2) is 23.7 Å². The number of nitrogens with zero attached hydrogens (tertiary/aromatic N) is 5. The van der Waals surface area contributed by atoms with Gasteiger partial charge in [0.2, 0.25) is 0 Å². The molecule has 0 amide bonds. The summed E-state index contributed by atoms with van der Waals surface area (Å²) in [4.78, 5) is 10.2. The molecule has 0 aliphatic carbocycles. The fourth-order valence-corrected chi connectivity index (χ4v) is 9.05. The molecule has 0 fully saturated rings. The van der Waals surface area contributed by atoms with E-state index in [9.17, 15) is 0 Å². The highest BCUT2D eigenvalue weighted by molar-refractivity contribution is 6.10. The molecule has 8 aromatic carbocycles. The molecule has 5 nitrogen and oxygen atoms in total. The van der Waals surface area contributed by atoms with Crippen LogP contribution in [0, 0.1) is 0 Å². The second kappa shape index (κ2) is 13.3. The van der Waals surface area contributed by atoms with Gasteiger partial charge < -0.3 is 9.13 Å². The van der Waals surface area contributed by atoms with E-state index in [4.69, 9.17) is 9.97 Å². The number of benzene rings is 8. The second-order valence-corrected chi connectivity index (χ2v) is 15.1. The molecule has 0 aliphatic rings. The number of hydrogen-bond acceptors (Lipinski definition) is 2. The molecule has 59 heavy (non-hydrogen) atoms. The van der Waals surface area contributed by atoms with Gasteiger partial charge in [-0.25, -0.2) is 4.98 Å². The molecular weight excluding hydrogens is 719 g/mol. The average molecular weight is 754 g/mol. The van der Waals surface area contributed by atoms with Crippen molar-refractivity contribution in [3.8, 4) is 50.7 Å². The first-order valence-corrected chi connectivity index (χ1v) is 20.0. The van der Waals surface area contributed by atoms with Crippen LogP contribution < -0.4 is 0 Å². The van der Waals surface area contributed by atoms with Gasteiger partial charge in [0.25, 0.3) is 0 Å². The summed E-state index contributed by atoms with van der Waals surface area (Å²) >= 11 is 0. The molecule has 0 aliphatic heterocycles. The summed E-state index contributed by atoms with van der Waals surface area (Å²) in [7, 11) is 0. The molecule has 0 radical (unpaired) electrons. The lowest BCUT2D eigenvalue weighted by Crippen LogP contribution is -2.00. The minimum absolute atomic E-state index is 0.881. The Balaban J connectivity index is 1.04. The zero-order chi connectivity index (χ0) is 38.9. The zero-order valence-corrected chi connectivity index (χ0v) is 31.9. The summed E-state index contributed by atoms with van der Waals surface area (Å²) in [6, 6.07) is 71.5. The van der Waals surface area contributed by atoms with Crippen LogP contribution in [0.15, 0.2) is 213 Å². The molecule has 0 saturated carbocycles. The molecule has 0 spiro atoms.